The Morgan fingerprint density at radius 2 is 1.68 bits per heavy atom. The van der Waals surface area contributed by atoms with Crippen molar-refractivity contribution in [1.29, 1.82) is 0 Å². The van der Waals surface area contributed by atoms with Crippen LogP contribution in [-0.4, -0.2) is 140 Å². The van der Waals surface area contributed by atoms with Crippen molar-refractivity contribution in [2.45, 2.75) is 135 Å². The molecule has 0 aromatic heterocycles. The molecule has 4 aliphatic heterocycles. The Labute approximate surface area is 448 Å². The number of likely N-dealkylation sites (N-methyl/N-ethyl adjacent to an activating group) is 1. The van der Waals surface area contributed by atoms with Crippen molar-refractivity contribution < 1.29 is 33.1 Å². The first-order valence-electron chi connectivity index (χ1n) is 27.4. The van der Waals surface area contributed by atoms with Crippen molar-refractivity contribution in [2.75, 3.05) is 69.7 Å². The van der Waals surface area contributed by atoms with Crippen LogP contribution in [0.4, 0.5) is 15.8 Å². The van der Waals surface area contributed by atoms with E-state index in [4.69, 9.17) is 4.74 Å². The maximum absolute atomic E-state index is 15.1. The van der Waals surface area contributed by atoms with Gasteiger partial charge in [-0.3, -0.25) is 33.8 Å². The van der Waals surface area contributed by atoms with Crippen LogP contribution in [0, 0.1) is 11.2 Å². The second-order valence-corrected chi connectivity index (χ2v) is 23.4. The van der Waals surface area contributed by atoms with Crippen LogP contribution >= 0.6 is 0 Å². The summed E-state index contributed by atoms with van der Waals surface area (Å²) >= 11 is 0. The number of carbonyl (C=O) groups is 5. The van der Waals surface area contributed by atoms with Crippen LogP contribution in [0.25, 0.3) is 0 Å². The van der Waals surface area contributed by atoms with Crippen molar-refractivity contribution in [3.05, 3.63) is 130 Å². The molecule has 4 aromatic carbocycles. The van der Waals surface area contributed by atoms with Gasteiger partial charge in [0, 0.05) is 75.2 Å². The molecule has 15 nitrogen and oxygen atoms in total. The van der Waals surface area contributed by atoms with E-state index >= 15 is 9.59 Å². The van der Waals surface area contributed by atoms with E-state index in [0.29, 0.717) is 37.6 Å². The summed E-state index contributed by atoms with van der Waals surface area (Å²) in [5.74, 6) is -1.67. The smallest absolute Gasteiger partial charge is 0.246 e. The van der Waals surface area contributed by atoms with Crippen LogP contribution in [0.3, 0.4) is 0 Å². The van der Waals surface area contributed by atoms with E-state index in [1.807, 2.05) is 76.2 Å². The van der Waals surface area contributed by atoms with Gasteiger partial charge in [0.05, 0.1) is 37.3 Å². The largest absolute Gasteiger partial charge is 0.379 e. The summed E-state index contributed by atoms with van der Waals surface area (Å²) in [5, 5.41) is 16.1. The quantitative estimate of drug-likeness (QED) is 0.107. The van der Waals surface area contributed by atoms with E-state index in [-0.39, 0.29) is 85.6 Å². The zero-order chi connectivity index (χ0) is 54.1. The SMILES string of the molecule is CNC(C)C(=O)NC(C(=O)N1Cc2cc(NC(=O)C3(C)CN(C(=O)CN4C[C@@H](C)NC[C@@H]4CN4CCOCC4C)c4cc(Cc5ccc(F)cc5)ccc43)ccc2C[C@H]1C(=O)N[C@@H]1CCCc2ccccc21)C(C)(C)C. The number of hydrogen-bond acceptors (Lipinski definition) is 10. The Morgan fingerprint density at radius 1 is 0.921 bits per heavy atom. The van der Waals surface area contributed by atoms with Crippen LogP contribution in [0.2, 0.25) is 0 Å². The number of amides is 5. The minimum atomic E-state index is -1.17. The molecule has 5 amide bonds. The van der Waals surface area contributed by atoms with Crippen LogP contribution in [0.15, 0.2) is 84.9 Å². The number of fused-ring (bicyclic) bond motifs is 3. The fraction of sp³-hybridized carbons (Fsp3) is 0.517. The Morgan fingerprint density at radius 3 is 2.43 bits per heavy atom. The number of ether oxygens (including phenoxy) is 1. The molecule has 9 rings (SSSR count). The molecule has 16 heteroatoms. The second-order valence-electron chi connectivity index (χ2n) is 23.4. The molecule has 0 bridgehead atoms. The van der Waals surface area contributed by atoms with Gasteiger partial charge in [-0.2, -0.15) is 0 Å². The van der Waals surface area contributed by atoms with E-state index in [1.54, 1.807) is 35.9 Å². The number of nitrogens with one attached hydrogen (secondary N) is 5. The Balaban J connectivity index is 0.993. The molecule has 1 aliphatic carbocycles. The molecule has 2 fully saturated rings. The lowest BCUT2D eigenvalue weighted by Gasteiger charge is -2.43. The molecule has 5 N–H and O–H groups in total. The molecular formula is C60H78FN9O6. The van der Waals surface area contributed by atoms with Gasteiger partial charge in [-0.25, -0.2) is 4.39 Å². The summed E-state index contributed by atoms with van der Waals surface area (Å²) in [6.45, 7) is 18.4. The number of anilines is 2. The summed E-state index contributed by atoms with van der Waals surface area (Å²) < 4.78 is 19.7. The van der Waals surface area contributed by atoms with E-state index in [0.717, 1.165) is 72.3 Å². The zero-order valence-electron chi connectivity index (χ0n) is 45.6. The highest BCUT2D eigenvalue weighted by Gasteiger charge is 2.48. The van der Waals surface area contributed by atoms with Crippen molar-refractivity contribution in [1.82, 2.24) is 36.0 Å². The molecule has 0 radical (unpaired) electrons. The van der Waals surface area contributed by atoms with E-state index in [2.05, 4.69) is 62.4 Å². The molecule has 2 saturated heterocycles. The van der Waals surface area contributed by atoms with Crippen LogP contribution in [0.1, 0.15) is 106 Å². The number of nitrogens with zero attached hydrogens (tertiary/aromatic N) is 4. The van der Waals surface area contributed by atoms with Gasteiger partial charge in [0.2, 0.25) is 29.5 Å². The number of benzene rings is 4. The standard InChI is InChI=1S/C60H78FN9O6/c1-37-31-68(47(30-63-37)33-67-24-25-76-35-38(67)2)34-53(71)70-36-60(7,49-23-18-41(27-51(49)70)26-40-16-20-45(61)21-17-40)58(75)64-46-22-19-43-29-52(56(73)65-50-15-11-13-42-12-9-10-14-48(42)50)69(32-44(43)28-46)57(74)54(59(4,5)6)66-55(72)39(3)62-8/h9-10,12,14,16-23,27-28,37-39,47,50,52,54,62-63H,11,13,15,24-26,29-36H2,1-8H3,(H,64,75)(H,65,73)(H,66,72)/t37-,38?,39?,47-,50-,52+,54?,60?/m1/s1. The topological polar surface area (TPSA) is 168 Å². The van der Waals surface area contributed by atoms with Gasteiger partial charge >= 0.3 is 0 Å². The number of hydrogen-bond donors (Lipinski definition) is 5. The van der Waals surface area contributed by atoms with Crippen molar-refractivity contribution in [3.63, 3.8) is 0 Å². The first-order chi connectivity index (χ1) is 36.3. The molecule has 76 heavy (non-hydrogen) atoms. The van der Waals surface area contributed by atoms with E-state index in [1.165, 1.54) is 17.7 Å². The number of halogens is 1. The van der Waals surface area contributed by atoms with Gasteiger partial charge in [0.1, 0.15) is 17.9 Å². The monoisotopic (exact) mass is 1040 g/mol. The fourth-order valence-corrected chi connectivity index (χ4v) is 11.9. The molecule has 0 spiro atoms. The average Bonchev–Trinajstić information content (AvgIpc) is 3.85. The number of aryl methyl sites for hydroxylation is 1. The Hall–Kier alpha value is -6.04. The Bertz CT molecular complexity index is 2800. The predicted molar refractivity (Wildman–Crippen MR) is 293 cm³/mol. The number of rotatable bonds is 14. The van der Waals surface area contributed by atoms with E-state index in [9.17, 15) is 18.8 Å². The average molecular weight is 1040 g/mol. The Kier molecular flexibility index (Phi) is 16.5. The number of carbonyl (C=O) groups excluding carboxylic acids is 5. The highest BCUT2D eigenvalue weighted by atomic mass is 19.1. The van der Waals surface area contributed by atoms with Gasteiger partial charge < -0.3 is 41.1 Å². The van der Waals surface area contributed by atoms with Gasteiger partial charge in [0.15, 0.2) is 0 Å². The molecule has 5 aliphatic rings. The fourth-order valence-electron chi connectivity index (χ4n) is 11.9. The molecule has 8 atom stereocenters. The molecule has 4 heterocycles. The lowest BCUT2D eigenvalue weighted by atomic mass is 9.82. The third-order valence-corrected chi connectivity index (χ3v) is 16.7. The third kappa shape index (κ3) is 11.9. The highest BCUT2D eigenvalue weighted by Crippen LogP contribution is 2.43. The minimum absolute atomic E-state index is 0.0660. The van der Waals surface area contributed by atoms with Crippen LogP contribution in [0.5, 0.6) is 0 Å². The minimum Gasteiger partial charge on any atom is -0.379 e. The summed E-state index contributed by atoms with van der Waals surface area (Å²) in [6, 6.07) is 24.1. The molecule has 4 aromatic rings. The number of morpholine rings is 1. The highest BCUT2D eigenvalue weighted by molar-refractivity contribution is 6.07. The van der Waals surface area contributed by atoms with Crippen molar-refractivity contribution in [2.24, 2.45) is 5.41 Å². The normalized spacial score (nSPS) is 24.6. The zero-order valence-corrected chi connectivity index (χ0v) is 45.6. The molecule has 0 saturated carbocycles. The van der Waals surface area contributed by atoms with Crippen LogP contribution in [-0.2, 0) is 59.9 Å². The second kappa shape index (κ2) is 22.9. The summed E-state index contributed by atoms with van der Waals surface area (Å²) in [6.07, 6.45) is 3.39. The molecular weight excluding hydrogens is 962 g/mol. The maximum Gasteiger partial charge on any atom is 0.246 e. The summed E-state index contributed by atoms with van der Waals surface area (Å²) in [5.41, 5.74) is 5.82. The van der Waals surface area contributed by atoms with Gasteiger partial charge in [-0.05, 0) is 135 Å². The lowest BCUT2D eigenvalue weighted by Crippen LogP contribution is -2.62. The molecule has 4 unspecified atom stereocenters. The van der Waals surface area contributed by atoms with Crippen molar-refractivity contribution >= 4 is 40.9 Å². The summed E-state index contributed by atoms with van der Waals surface area (Å²) in [4.78, 5) is 81.3. The third-order valence-electron chi connectivity index (χ3n) is 16.7. The van der Waals surface area contributed by atoms with Gasteiger partial charge in [-0.1, -0.05) is 75.4 Å². The van der Waals surface area contributed by atoms with Crippen molar-refractivity contribution in [3.8, 4) is 0 Å². The van der Waals surface area contributed by atoms with E-state index < -0.39 is 29.0 Å². The van der Waals surface area contributed by atoms with Gasteiger partial charge in [-0.15, -0.1) is 0 Å². The predicted octanol–water partition coefficient (Wildman–Crippen LogP) is 5.63. The first kappa shape index (κ1) is 54.7. The summed E-state index contributed by atoms with van der Waals surface area (Å²) in [7, 11) is 1.69. The lowest BCUT2D eigenvalue weighted by molar-refractivity contribution is -0.147. The van der Waals surface area contributed by atoms with Crippen LogP contribution < -0.4 is 31.5 Å². The molecule has 406 valence electrons. The number of piperazine rings is 1. The van der Waals surface area contributed by atoms with Gasteiger partial charge in [0.25, 0.3) is 0 Å². The maximum atomic E-state index is 15.1. The first-order valence-corrected chi connectivity index (χ1v) is 27.4.